The maximum Gasteiger partial charge on any atom is 0.411 e. The Hall–Kier alpha value is -3.78. The fraction of sp³-hybridized carbons (Fsp3) is 0.321. The number of halogens is 1. The standard InChI is InChI=1S/C28H30FN3O4/c1-19(22-5-3-20(4-6-22)15-21-16-23(26(30)34)18-31-17-21)32-13-12-28(11-2-14-33,36-27(32)35)24-7-9-25(29)10-8-24/h3-10,16-19,33H,2,11-15H2,1H3,(H2,30,34). The summed E-state index contributed by atoms with van der Waals surface area (Å²) in [7, 11) is 0. The summed E-state index contributed by atoms with van der Waals surface area (Å²) in [6, 6.07) is 15.5. The van der Waals surface area contributed by atoms with Crippen molar-refractivity contribution in [2.24, 2.45) is 5.73 Å². The van der Waals surface area contributed by atoms with Gasteiger partial charge in [-0.25, -0.2) is 9.18 Å². The van der Waals surface area contributed by atoms with Gasteiger partial charge in [0, 0.05) is 32.0 Å². The minimum Gasteiger partial charge on any atom is -0.438 e. The molecule has 8 heteroatoms. The molecule has 0 saturated carbocycles. The molecule has 188 valence electrons. The van der Waals surface area contributed by atoms with Crippen LogP contribution in [0.4, 0.5) is 9.18 Å². The second-order valence-electron chi connectivity index (χ2n) is 9.18. The van der Waals surface area contributed by atoms with E-state index in [1.54, 1.807) is 29.3 Å². The van der Waals surface area contributed by atoms with Gasteiger partial charge in [-0.3, -0.25) is 9.78 Å². The molecule has 1 aliphatic heterocycles. The number of hydrogen-bond acceptors (Lipinski definition) is 5. The molecular formula is C28H30FN3O4. The lowest BCUT2D eigenvalue weighted by molar-refractivity contribution is -0.0680. The number of ether oxygens (including phenoxy) is 1. The summed E-state index contributed by atoms with van der Waals surface area (Å²) in [6.07, 6.45) is 4.79. The van der Waals surface area contributed by atoms with E-state index in [0.717, 1.165) is 22.3 Å². The van der Waals surface area contributed by atoms with Gasteiger partial charge in [0.2, 0.25) is 5.91 Å². The van der Waals surface area contributed by atoms with E-state index in [2.05, 4.69) is 4.98 Å². The van der Waals surface area contributed by atoms with Gasteiger partial charge in [-0.2, -0.15) is 0 Å². The Bertz CT molecular complexity index is 1220. The predicted octanol–water partition coefficient (Wildman–Crippen LogP) is 4.48. The Morgan fingerprint density at radius 2 is 1.89 bits per heavy atom. The number of carbonyl (C=O) groups excluding carboxylic acids is 2. The molecule has 1 saturated heterocycles. The first kappa shape index (κ1) is 25.3. The molecule has 2 amide bonds. The van der Waals surface area contributed by atoms with Gasteiger partial charge < -0.3 is 20.5 Å². The van der Waals surface area contributed by atoms with E-state index in [9.17, 15) is 19.1 Å². The molecule has 0 spiro atoms. The number of nitrogens with zero attached hydrogens (tertiary/aromatic N) is 2. The van der Waals surface area contributed by atoms with Crippen LogP contribution in [0.25, 0.3) is 0 Å². The number of benzene rings is 2. The number of carbonyl (C=O) groups is 2. The first-order valence-electron chi connectivity index (χ1n) is 12.0. The zero-order valence-corrected chi connectivity index (χ0v) is 20.2. The molecule has 3 N–H and O–H groups in total. The topological polar surface area (TPSA) is 106 Å². The van der Waals surface area contributed by atoms with Crippen molar-refractivity contribution in [2.45, 2.75) is 44.2 Å². The second-order valence-corrected chi connectivity index (χ2v) is 9.18. The third-order valence-electron chi connectivity index (χ3n) is 6.80. The second kappa shape index (κ2) is 10.9. The minimum atomic E-state index is -0.888. The summed E-state index contributed by atoms with van der Waals surface area (Å²) in [5.41, 5.74) is 8.44. The Morgan fingerprint density at radius 3 is 2.53 bits per heavy atom. The van der Waals surface area contributed by atoms with E-state index in [4.69, 9.17) is 10.5 Å². The highest BCUT2D eigenvalue weighted by Gasteiger charge is 2.43. The molecule has 1 aromatic heterocycles. The number of aliphatic hydroxyl groups is 1. The summed E-state index contributed by atoms with van der Waals surface area (Å²) in [5.74, 6) is -0.865. The van der Waals surface area contributed by atoms with Gasteiger partial charge in [0.25, 0.3) is 0 Å². The number of amides is 2. The molecule has 0 aliphatic carbocycles. The highest BCUT2D eigenvalue weighted by molar-refractivity contribution is 5.92. The zero-order chi connectivity index (χ0) is 25.7. The van der Waals surface area contributed by atoms with Crippen LogP contribution in [0.2, 0.25) is 0 Å². The lowest BCUT2D eigenvalue weighted by Crippen LogP contribution is -2.48. The van der Waals surface area contributed by atoms with Crippen LogP contribution >= 0.6 is 0 Å². The van der Waals surface area contributed by atoms with Gasteiger partial charge >= 0.3 is 6.09 Å². The predicted molar refractivity (Wildman–Crippen MR) is 133 cm³/mol. The van der Waals surface area contributed by atoms with Gasteiger partial charge in [0.1, 0.15) is 11.4 Å². The number of hydrogen-bond donors (Lipinski definition) is 2. The Morgan fingerprint density at radius 1 is 1.17 bits per heavy atom. The van der Waals surface area contributed by atoms with Crippen LogP contribution in [0.1, 0.15) is 64.8 Å². The third kappa shape index (κ3) is 5.54. The van der Waals surface area contributed by atoms with E-state index in [1.807, 2.05) is 31.2 Å². The number of pyridine rings is 1. The molecule has 1 aliphatic rings. The normalized spacial score (nSPS) is 18.5. The number of cyclic esters (lactones) is 1. The van der Waals surface area contributed by atoms with Crippen LogP contribution in [0, 0.1) is 5.82 Å². The van der Waals surface area contributed by atoms with Crippen molar-refractivity contribution in [3.63, 3.8) is 0 Å². The van der Waals surface area contributed by atoms with Crippen LogP contribution in [-0.2, 0) is 16.8 Å². The van der Waals surface area contributed by atoms with Gasteiger partial charge in [0.15, 0.2) is 0 Å². The molecule has 0 bridgehead atoms. The van der Waals surface area contributed by atoms with Crippen molar-refractivity contribution in [3.8, 4) is 0 Å². The van der Waals surface area contributed by atoms with Crippen molar-refractivity contribution in [1.29, 1.82) is 0 Å². The molecule has 2 heterocycles. The van der Waals surface area contributed by atoms with E-state index in [0.29, 0.717) is 37.8 Å². The number of rotatable bonds is 9. The molecule has 3 aromatic rings. The summed E-state index contributed by atoms with van der Waals surface area (Å²) < 4.78 is 19.5. The SMILES string of the molecule is CC(c1ccc(Cc2cncc(C(N)=O)c2)cc1)N1CCC(CCCO)(c2ccc(F)cc2)OC1=O. The molecular weight excluding hydrogens is 461 g/mol. The monoisotopic (exact) mass is 491 g/mol. The number of aliphatic hydroxyl groups excluding tert-OH is 1. The van der Waals surface area contributed by atoms with E-state index >= 15 is 0 Å². The van der Waals surface area contributed by atoms with Gasteiger partial charge in [-0.15, -0.1) is 0 Å². The first-order chi connectivity index (χ1) is 17.3. The summed E-state index contributed by atoms with van der Waals surface area (Å²) >= 11 is 0. The van der Waals surface area contributed by atoms with Gasteiger partial charge in [0.05, 0.1) is 11.6 Å². The van der Waals surface area contributed by atoms with Crippen molar-refractivity contribution >= 4 is 12.0 Å². The van der Waals surface area contributed by atoms with Crippen LogP contribution in [-0.4, -0.2) is 40.1 Å². The Balaban J connectivity index is 1.46. The largest absolute Gasteiger partial charge is 0.438 e. The maximum atomic E-state index is 13.5. The number of primary amides is 1. The summed E-state index contributed by atoms with van der Waals surface area (Å²) in [6.45, 7) is 2.40. The average molecular weight is 492 g/mol. The summed E-state index contributed by atoms with van der Waals surface area (Å²) in [4.78, 5) is 30.3. The van der Waals surface area contributed by atoms with Crippen LogP contribution in [0.5, 0.6) is 0 Å². The highest BCUT2D eigenvalue weighted by atomic mass is 19.1. The average Bonchev–Trinajstić information content (AvgIpc) is 2.88. The van der Waals surface area contributed by atoms with Crippen molar-refractivity contribution in [1.82, 2.24) is 9.88 Å². The van der Waals surface area contributed by atoms with Gasteiger partial charge in [-0.05, 0) is 66.6 Å². The maximum absolute atomic E-state index is 13.5. The fourth-order valence-electron chi connectivity index (χ4n) is 4.71. The van der Waals surface area contributed by atoms with E-state index in [-0.39, 0.29) is 18.5 Å². The third-order valence-corrected chi connectivity index (χ3v) is 6.80. The molecule has 1 fully saturated rings. The highest BCUT2D eigenvalue weighted by Crippen LogP contribution is 2.40. The number of aromatic nitrogens is 1. The van der Waals surface area contributed by atoms with Gasteiger partial charge in [-0.1, -0.05) is 36.4 Å². The molecule has 2 aromatic carbocycles. The minimum absolute atomic E-state index is 0.0180. The smallest absolute Gasteiger partial charge is 0.411 e. The first-order valence-corrected chi connectivity index (χ1v) is 12.0. The van der Waals surface area contributed by atoms with Crippen molar-refractivity contribution in [2.75, 3.05) is 13.2 Å². The Kier molecular flexibility index (Phi) is 7.64. The van der Waals surface area contributed by atoms with E-state index < -0.39 is 17.6 Å². The Labute approximate surface area is 209 Å². The van der Waals surface area contributed by atoms with E-state index in [1.165, 1.54) is 18.3 Å². The van der Waals surface area contributed by atoms with Crippen LogP contribution < -0.4 is 5.73 Å². The molecule has 2 unspecified atom stereocenters. The molecule has 2 atom stereocenters. The molecule has 4 rings (SSSR count). The zero-order valence-electron chi connectivity index (χ0n) is 20.2. The number of nitrogens with two attached hydrogens (primary N) is 1. The van der Waals surface area contributed by atoms with Crippen molar-refractivity contribution < 1.29 is 23.8 Å². The molecule has 36 heavy (non-hydrogen) atoms. The lowest BCUT2D eigenvalue weighted by Gasteiger charge is -2.43. The van der Waals surface area contributed by atoms with Crippen LogP contribution in [0.3, 0.4) is 0 Å². The summed E-state index contributed by atoms with van der Waals surface area (Å²) in [5, 5.41) is 9.38. The lowest BCUT2D eigenvalue weighted by atomic mass is 9.84. The van der Waals surface area contributed by atoms with Crippen LogP contribution in [0.15, 0.2) is 67.0 Å². The molecule has 0 radical (unpaired) electrons. The van der Waals surface area contributed by atoms with Crippen molar-refractivity contribution in [3.05, 3.63) is 101 Å². The molecule has 7 nitrogen and oxygen atoms in total. The quantitative estimate of drug-likeness (QED) is 0.459. The fourth-order valence-corrected chi connectivity index (χ4v) is 4.71.